The predicted octanol–water partition coefficient (Wildman–Crippen LogP) is 3.11. The third-order valence-corrected chi connectivity index (χ3v) is 4.02. The van der Waals surface area contributed by atoms with Gasteiger partial charge in [-0.3, -0.25) is 4.79 Å². The van der Waals surface area contributed by atoms with Crippen LogP contribution in [-0.2, 0) is 4.79 Å². The molecule has 0 saturated carbocycles. The molecule has 132 valence electrons. The molecule has 3 amide bonds. The maximum atomic E-state index is 13.8. The summed E-state index contributed by atoms with van der Waals surface area (Å²) in [5.41, 5.74) is 7.40. The zero-order valence-corrected chi connectivity index (χ0v) is 14.3. The van der Waals surface area contributed by atoms with E-state index < -0.39 is 18.1 Å². The van der Waals surface area contributed by atoms with Gasteiger partial charge in [-0.2, -0.15) is 0 Å². The highest BCUT2D eigenvalue weighted by molar-refractivity contribution is 5.79. The van der Waals surface area contributed by atoms with Crippen LogP contribution in [0.4, 0.5) is 9.18 Å². The first-order valence-corrected chi connectivity index (χ1v) is 8.03. The van der Waals surface area contributed by atoms with Crippen LogP contribution < -0.4 is 16.4 Å². The average molecular weight is 343 g/mol. The summed E-state index contributed by atoms with van der Waals surface area (Å²) in [4.78, 5) is 23.7. The van der Waals surface area contributed by atoms with Gasteiger partial charge in [0.25, 0.3) is 0 Å². The van der Waals surface area contributed by atoms with Crippen LogP contribution in [0.3, 0.4) is 0 Å². The number of primary amides is 1. The number of carbonyl (C=O) groups excluding carboxylic acids is 2. The molecule has 2 atom stereocenters. The Morgan fingerprint density at radius 3 is 2.24 bits per heavy atom. The Kier molecular flexibility index (Phi) is 6.11. The van der Waals surface area contributed by atoms with Gasteiger partial charge in [0.15, 0.2) is 0 Å². The van der Waals surface area contributed by atoms with Crippen molar-refractivity contribution >= 4 is 11.9 Å². The highest BCUT2D eigenvalue weighted by Gasteiger charge is 2.21. The Bertz CT molecular complexity index is 764. The van der Waals surface area contributed by atoms with Crippen molar-refractivity contribution in [3.05, 3.63) is 71.0 Å². The topological polar surface area (TPSA) is 84.2 Å². The number of aryl methyl sites for hydroxylation is 1. The van der Waals surface area contributed by atoms with E-state index in [1.54, 1.807) is 25.1 Å². The number of amides is 3. The van der Waals surface area contributed by atoms with Gasteiger partial charge in [0.1, 0.15) is 5.82 Å². The van der Waals surface area contributed by atoms with Crippen molar-refractivity contribution in [1.29, 1.82) is 0 Å². The maximum absolute atomic E-state index is 13.8. The fourth-order valence-corrected chi connectivity index (χ4v) is 2.78. The Labute approximate surface area is 146 Å². The minimum Gasteiger partial charge on any atom is -0.352 e. The van der Waals surface area contributed by atoms with Crippen molar-refractivity contribution in [3.63, 3.8) is 0 Å². The molecule has 0 aliphatic carbocycles. The van der Waals surface area contributed by atoms with E-state index in [1.165, 1.54) is 6.07 Å². The smallest absolute Gasteiger partial charge is 0.312 e. The van der Waals surface area contributed by atoms with E-state index in [0.717, 1.165) is 11.1 Å². The van der Waals surface area contributed by atoms with Gasteiger partial charge in [-0.25, -0.2) is 9.18 Å². The van der Waals surface area contributed by atoms with E-state index in [2.05, 4.69) is 10.6 Å². The summed E-state index contributed by atoms with van der Waals surface area (Å²) >= 11 is 0. The summed E-state index contributed by atoms with van der Waals surface area (Å²) in [5, 5.41) is 5.36. The second-order valence-corrected chi connectivity index (χ2v) is 5.93. The number of rotatable bonds is 6. The second kappa shape index (κ2) is 8.28. The molecule has 0 bridgehead atoms. The van der Waals surface area contributed by atoms with Gasteiger partial charge in [0.05, 0.1) is 18.5 Å². The molecule has 2 rings (SSSR count). The summed E-state index contributed by atoms with van der Waals surface area (Å²) in [6.07, 6.45) is 0.00653. The number of benzene rings is 2. The van der Waals surface area contributed by atoms with E-state index >= 15 is 0 Å². The molecule has 0 aromatic heterocycles. The molecule has 0 aliphatic heterocycles. The molecule has 0 unspecified atom stereocenters. The first kappa shape index (κ1) is 18.4. The lowest BCUT2D eigenvalue weighted by atomic mass is 9.98. The summed E-state index contributed by atoms with van der Waals surface area (Å²) < 4.78 is 13.8. The Morgan fingerprint density at radius 2 is 1.64 bits per heavy atom. The molecule has 2 aromatic rings. The molecule has 6 heteroatoms. The molecule has 0 fully saturated rings. The Morgan fingerprint density at radius 1 is 1.04 bits per heavy atom. The van der Waals surface area contributed by atoms with Crippen molar-refractivity contribution in [1.82, 2.24) is 10.6 Å². The zero-order chi connectivity index (χ0) is 18.4. The quantitative estimate of drug-likeness (QED) is 0.753. The van der Waals surface area contributed by atoms with Crippen molar-refractivity contribution in [2.75, 3.05) is 0 Å². The SMILES string of the molecule is Cc1ccccc1[C@H](CC(=O)N[C@@H](C)c1ccccc1F)NC(N)=O. The lowest BCUT2D eigenvalue weighted by Crippen LogP contribution is -2.37. The van der Waals surface area contributed by atoms with E-state index in [4.69, 9.17) is 5.73 Å². The number of nitrogens with two attached hydrogens (primary N) is 1. The first-order chi connectivity index (χ1) is 11.9. The first-order valence-electron chi connectivity index (χ1n) is 8.03. The molecule has 0 radical (unpaired) electrons. The van der Waals surface area contributed by atoms with Gasteiger partial charge in [-0.1, -0.05) is 42.5 Å². The van der Waals surface area contributed by atoms with Gasteiger partial charge in [0, 0.05) is 5.56 Å². The van der Waals surface area contributed by atoms with Crippen LogP contribution in [-0.4, -0.2) is 11.9 Å². The van der Waals surface area contributed by atoms with Crippen molar-refractivity contribution < 1.29 is 14.0 Å². The van der Waals surface area contributed by atoms with Crippen molar-refractivity contribution in [3.8, 4) is 0 Å². The standard InChI is InChI=1S/C19H22FN3O2/c1-12-7-3-4-8-14(12)17(23-19(21)25)11-18(24)22-13(2)15-9-5-6-10-16(15)20/h3-10,13,17H,11H2,1-2H3,(H,22,24)(H3,21,23,25)/t13-,17-/m0/s1. The molecule has 0 aliphatic rings. The second-order valence-electron chi connectivity index (χ2n) is 5.93. The summed E-state index contributed by atoms with van der Waals surface area (Å²) in [5.74, 6) is -0.682. The van der Waals surface area contributed by atoms with Crippen LogP contribution in [0.2, 0.25) is 0 Å². The van der Waals surface area contributed by atoms with E-state index in [-0.39, 0.29) is 18.1 Å². The fraction of sp³-hybridized carbons (Fsp3) is 0.263. The molecular weight excluding hydrogens is 321 g/mol. The lowest BCUT2D eigenvalue weighted by Gasteiger charge is -2.21. The van der Waals surface area contributed by atoms with Gasteiger partial charge >= 0.3 is 6.03 Å². The minimum atomic E-state index is -0.705. The van der Waals surface area contributed by atoms with Gasteiger partial charge in [-0.15, -0.1) is 0 Å². The zero-order valence-electron chi connectivity index (χ0n) is 14.3. The number of urea groups is 1. The number of hydrogen-bond acceptors (Lipinski definition) is 2. The summed E-state index contributed by atoms with van der Waals surface area (Å²) in [6.45, 7) is 3.60. The molecule has 0 heterocycles. The van der Waals surface area contributed by atoms with E-state index in [9.17, 15) is 14.0 Å². The molecule has 5 nitrogen and oxygen atoms in total. The largest absolute Gasteiger partial charge is 0.352 e. The number of nitrogens with one attached hydrogen (secondary N) is 2. The number of halogens is 1. The van der Waals surface area contributed by atoms with Gasteiger partial charge < -0.3 is 16.4 Å². The predicted molar refractivity (Wildman–Crippen MR) is 94.2 cm³/mol. The average Bonchev–Trinajstić information content (AvgIpc) is 2.54. The number of carbonyl (C=O) groups is 2. The van der Waals surface area contributed by atoms with Crippen LogP contribution in [0.1, 0.15) is 42.1 Å². The third kappa shape index (κ3) is 5.04. The normalized spacial score (nSPS) is 12.9. The van der Waals surface area contributed by atoms with Crippen LogP contribution in [0.5, 0.6) is 0 Å². The highest BCUT2D eigenvalue weighted by Crippen LogP contribution is 2.22. The van der Waals surface area contributed by atoms with Gasteiger partial charge in [-0.05, 0) is 31.0 Å². The van der Waals surface area contributed by atoms with Crippen LogP contribution >= 0.6 is 0 Å². The van der Waals surface area contributed by atoms with Crippen LogP contribution in [0, 0.1) is 12.7 Å². The summed E-state index contributed by atoms with van der Waals surface area (Å²) in [7, 11) is 0. The van der Waals surface area contributed by atoms with Crippen LogP contribution in [0.25, 0.3) is 0 Å². The van der Waals surface area contributed by atoms with Crippen molar-refractivity contribution in [2.45, 2.75) is 32.4 Å². The number of hydrogen-bond donors (Lipinski definition) is 3. The Hall–Kier alpha value is -2.89. The molecular formula is C19H22FN3O2. The molecule has 2 aromatic carbocycles. The monoisotopic (exact) mass is 343 g/mol. The van der Waals surface area contributed by atoms with Crippen molar-refractivity contribution in [2.24, 2.45) is 5.73 Å². The Balaban J connectivity index is 2.11. The molecule has 4 N–H and O–H groups in total. The minimum absolute atomic E-state index is 0.00653. The third-order valence-electron chi connectivity index (χ3n) is 4.02. The maximum Gasteiger partial charge on any atom is 0.312 e. The molecule has 0 saturated heterocycles. The van der Waals surface area contributed by atoms with Crippen LogP contribution in [0.15, 0.2) is 48.5 Å². The van der Waals surface area contributed by atoms with Gasteiger partial charge in [0.2, 0.25) is 5.91 Å². The lowest BCUT2D eigenvalue weighted by molar-refractivity contribution is -0.122. The molecule has 0 spiro atoms. The van der Waals surface area contributed by atoms with E-state index in [1.807, 2.05) is 31.2 Å². The van der Waals surface area contributed by atoms with E-state index in [0.29, 0.717) is 5.56 Å². The molecule has 25 heavy (non-hydrogen) atoms. The fourth-order valence-electron chi connectivity index (χ4n) is 2.78. The summed E-state index contributed by atoms with van der Waals surface area (Å²) in [6, 6.07) is 12.0. The highest BCUT2D eigenvalue weighted by atomic mass is 19.1.